The van der Waals surface area contributed by atoms with Crippen LogP contribution in [0.2, 0.25) is 0 Å². The van der Waals surface area contributed by atoms with Gasteiger partial charge in [0.05, 0.1) is 6.04 Å². The zero-order valence-electron chi connectivity index (χ0n) is 22.7. The molecule has 1 saturated heterocycles. The van der Waals surface area contributed by atoms with Crippen LogP contribution in [0.1, 0.15) is 55.6 Å². The Balaban J connectivity index is 1.24. The van der Waals surface area contributed by atoms with Gasteiger partial charge in [0, 0.05) is 55.9 Å². The number of aromatic nitrogens is 1. The van der Waals surface area contributed by atoms with E-state index in [0.29, 0.717) is 12.6 Å². The van der Waals surface area contributed by atoms with Gasteiger partial charge in [-0.15, -0.1) is 11.3 Å². The first-order chi connectivity index (χ1) is 18.6. The van der Waals surface area contributed by atoms with Gasteiger partial charge >= 0.3 is 0 Å². The molecule has 2 aliphatic rings. The number of piperazine rings is 1. The molecule has 1 aromatic heterocycles. The monoisotopic (exact) mass is 532 g/mol. The van der Waals surface area contributed by atoms with Crippen molar-refractivity contribution in [3.8, 4) is 16.9 Å². The van der Waals surface area contributed by atoms with Crippen LogP contribution >= 0.6 is 11.3 Å². The van der Waals surface area contributed by atoms with Gasteiger partial charge in [0.15, 0.2) is 6.61 Å². The lowest BCUT2D eigenvalue weighted by Crippen LogP contribution is -2.53. The van der Waals surface area contributed by atoms with Gasteiger partial charge in [-0.05, 0) is 50.1 Å². The van der Waals surface area contributed by atoms with E-state index < -0.39 is 0 Å². The van der Waals surface area contributed by atoms with Gasteiger partial charge in [-0.1, -0.05) is 55.7 Å². The van der Waals surface area contributed by atoms with E-state index >= 15 is 0 Å². The predicted octanol–water partition coefficient (Wildman–Crippen LogP) is 5.86. The number of amides is 1. The second-order valence-electron chi connectivity index (χ2n) is 10.6. The number of carbonyl (C=O) groups excluding carboxylic acids is 1. The van der Waals surface area contributed by atoms with Crippen LogP contribution in [0.3, 0.4) is 0 Å². The van der Waals surface area contributed by atoms with Gasteiger partial charge in [-0.25, -0.2) is 4.98 Å². The molecule has 202 valence electrons. The topological polar surface area (TPSA) is 48.9 Å². The highest BCUT2D eigenvalue weighted by atomic mass is 32.1. The minimum absolute atomic E-state index is 0.0763. The Bertz CT molecular complexity index is 1160. The molecular weight excluding hydrogens is 492 g/mol. The van der Waals surface area contributed by atoms with Crippen LogP contribution < -0.4 is 4.74 Å². The number of rotatable bonds is 9. The Morgan fingerprint density at radius 2 is 1.82 bits per heavy atom. The molecular formula is C31H40N4O2S. The fourth-order valence-electron chi connectivity index (χ4n) is 5.70. The molecule has 6 nitrogen and oxygen atoms in total. The maximum atomic E-state index is 13.1. The van der Waals surface area contributed by atoms with Gasteiger partial charge < -0.3 is 9.64 Å². The molecule has 5 rings (SSSR count). The molecule has 2 aromatic carbocycles. The first-order valence-corrected chi connectivity index (χ1v) is 14.9. The number of nitrogens with zero attached hydrogens (tertiary/aromatic N) is 4. The SMILES string of the molecule is C[C@H](c1nccs1)N(C)Cc1cc(-c2ccccc2)ccc1OCC(=O)N1CCN(C2CCCCC2)CC1. The highest BCUT2D eigenvalue weighted by Gasteiger charge is 2.27. The summed E-state index contributed by atoms with van der Waals surface area (Å²) in [7, 11) is 2.11. The third-order valence-electron chi connectivity index (χ3n) is 8.17. The number of hydrogen-bond donors (Lipinski definition) is 0. The van der Waals surface area contributed by atoms with E-state index in [2.05, 4.69) is 65.2 Å². The van der Waals surface area contributed by atoms with Crippen LogP contribution in [-0.2, 0) is 11.3 Å². The quantitative estimate of drug-likeness (QED) is 0.346. The van der Waals surface area contributed by atoms with Crippen molar-refractivity contribution in [3.05, 3.63) is 70.7 Å². The average molecular weight is 533 g/mol. The van der Waals surface area contributed by atoms with Gasteiger partial charge in [0.1, 0.15) is 10.8 Å². The molecule has 0 bridgehead atoms. The maximum absolute atomic E-state index is 13.1. The molecule has 0 N–H and O–H groups in total. The molecule has 0 radical (unpaired) electrons. The van der Waals surface area contributed by atoms with E-state index in [1.807, 2.05) is 28.6 Å². The molecule has 1 aliphatic heterocycles. The van der Waals surface area contributed by atoms with E-state index in [9.17, 15) is 4.79 Å². The van der Waals surface area contributed by atoms with Gasteiger partial charge in [0.25, 0.3) is 5.91 Å². The van der Waals surface area contributed by atoms with Crippen LogP contribution in [-0.4, -0.2) is 71.5 Å². The lowest BCUT2D eigenvalue weighted by atomic mass is 9.94. The van der Waals surface area contributed by atoms with Crippen molar-refractivity contribution in [2.75, 3.05) is 39.8 Å². The van der Waals surface area contributed by atoms with Crippen molar-refractivity contribution >= 4 is 17.2 Å². The molecule has 3 aromatic rings. The van der Waals surface area contributed by atoms with Crippen LogP contribution in [0.15, 0.2) is 60.1 Å². The second kappa shape index (κ2) is 12.9. The van der Waals surface area contributed by atoms with Crippen LogP contribution in [0.5, 0.6) is 5.75 Å². The first-order valence-electron chi connectivity index (χ1n) is 14.0. The normalized spacial score (nSPS) is 18.0. The zero-order valence-corrected chi connectivity index (χ0v) is 23.5. The van der Waals surface area contributed by atoms with E-state index in [0.717, 1.165) is 48.1 Å². The third-order valence-corrected chi connectivity index (χ3v) is 9.11. The average Bonchev–Trinajstić information content (AvgIpc) is 3.52. The summed E-state index contributed by atoms with van der Waals surface area (Å²) >= 11 is 1.68. The largest absolute Gasteiger partial charge is 0.483 e. The van der Waals surface area contributed by atoms with Crippen molar-refractivity contribution < 1.29 is 9.53 Å². The third kappa shape index (κ3) is 6.63. The van der Waals surface area contributed by atoms with Crippen LogP contribution in [0.4, 0.5) is 0 Å². The lowest BCUT2D eigenvalue weighted by molar-refractivity contribution is -0.135. The molecule has 2 heterocycles. The number of ether oxygens (including phenoxy) is 1. The molecule has 0 unspecified atom stereocenters. The lowest BCUT2D eigenvalue weighted by Gasteiger charge is -2.40. The number of thiazole rings is 1. The maximum Gasteiger partial charge on any atom is 0.260 e. The van der Waals surface area contributed by atoms with E-state index in [-0.39, 0.29) is 18.6 Å². The van der Waals surface area contributed by atoms with E-state index in [1.54, 1.807) is 11.3 Å². The predicted molar refractivity (Wildman–Crippen MR) is 154 cm³/mol. The van der Waals surface area contributed by atoms with Crippen molar-refractivity contribution in [1.29, 1.82) is 0 Å². The molecule has 1 aliphatic carbocycles. The van der Waals surface area contributed by atoms with E-state index in [1.165, 1.54) is 37.7 Å². The Labute approximate surface area is 231 Å². The standard InChI is InChI=1S/C31H40N4O2S/c1-24(31-32-15-20-38-31)33(2)22-27-21-26(25-9-5-3-6-10-25)13-14-29(27)37-23-30(36)35-18-16-34(17-19-35)28-11-7-4-8-12-28/h3,5-6,9-10,13-15,20-21,24,28H,4,7-8,11-12,16-19,22-23H2,1-2H3/t24-/m1/s1. The summed E-state index contributed by atoms with van der Waals surface area (Å²) < 4.78 is 6.21. The molecule has 7 heteroatoms. The number of hydrogen-bond acceptors (Lipinski definition) is 6. The number of benzene rings is 2. The summed E-state index contributed by atoms with van der Waals surface area (Å²) in [6.07, 6.45) is 8.56. The van der Waals surface area contributed by atoms with Gasteiger partial charge in [-0.3, -0.25) is 14.6 Å². The summed E-state index contributed by atoms with van der Waals surface area (Å²) in [4.78, 5) is 24.5. The van der Waals surface area contributed by atoms with Gasteiger partial charge in [-0.2, -0.15) is 0 Å². The first kappa shape index (κ1) is 26.9. The molecule has 1 saturated carbocycles. The Morgan fingerprint density at radius 3 is 2.53 bits per heavy atom. The van der Waals surface area contributed by atoms with Crippen LogP contribution in [0.25, 0.3) is 11.1 Å². The van der Waals surface area contributed by atoms with Crippen LogP contribution in [0, 0.1) is 0 Å². The van der Waals surface area contributed by atoms with Crippen molar-refractivity contribution in [1.82, 2.24) is 19.7 Å². The Hall–Kier alpha value is -2.74. The Morgan fingerprint density at radius 1 is 1.05 bits per heavy atom. The van der Waals surface area contributed by atoms with Crippen molar-refractivity contribution in [3.63, 3.8) is 0 Å². The fraction of sp³-hybridized carbons (Fsp3) is 0.484. The molecule has 38 heavy (non-hydrogen) atoms. The summed E-state index contributed by atoms with van der Waals surface area (Å²) in [5.41, 5.74) is 3.39. The summed E-state index contributed by atoms with van der Waals surface area (Å²) in [6, 6.07) is 17.6. The highest BCUT2D eigenvalue weighted by molar-refractivity contribution is 7.09. The second-order valence-corrected chi connectivity index (χ2v) is 11.6. The molecule has 1 atom stereocenters. The molecule has 0 spiro atoms. The summed E-state index contributed by atoms with van der Waals surface area (Å²) in [5, 5.41) is 3.11. The van der Waals surface area contributed by atoms with Crippen molar-refractivity contribution in [2.24, 2.45) is 0 Å². The zero-order chi connectivity index (χ0) is 26.3. The number of carbonyl (C=O) groups is 1. The minimum atomic E-state index is 0.0763. The Kier molecular flexibility index (Phi) is 9.10. The van der Waals surface area contributed by atoms with E-state index in [4.69, 9.17) is 4.74 Å². The minimum Gasteiger partial charge on any atom is -0.483 e. The van der Waals surface area contributed by atoms with Crippen molar-refractivity contribution in [2.45, 2.75) is 57.7 Å². The smallest absolute Gasteiger partial charge is 0.260 e. The van der Waals surface area contributed by atoms with Gasteiger partial charge in [0.2, 0.25) is 0 Å². The molecule has 2 fully saturated rings. The summed E-state index contributed by atoms with van der Waals surface area (Å²) in [6.45, 7) is 6.51. The fourth-order valence-corrected chi connectivity index (χ4v) is 6.46. The highest BCUT2D eigenvalue weighted by Crippen LogP contribution is 2.30. The summed E-state index contributed by atoms with van der Waals surface area (Å²) in [5.74, 6) is 0.855. The molecule has 1 amide bonds.